The molecule has 1 aromatic rings. The van der Waals surface area contributed by atoms with Gasteiger partial charge in [0.05, 0.1) is 11.6 Å². The van der Waals surface area contributed by atoms with E-state index >= 15 is 0 Å². The molecular weight excluding hydrogens is 195 g/mol. The molecular formula is C9H10Cl2O. The van der Waals surface area contributed by atoms with Gasteiger partial charge in [-0.2, -0.15) is 0 Å². The predicted molar refractivity (Wildman–Crippen MR) is 52.4 cm³/mol. The summed E-state index contributed by atoms with van der Waals surface area (Å²) in [5.41, 5.74) is 0.938. The molecule has 0 spiro atoms. The van der Waals surface area contributed by atoms with Gasteiger partial charge in [-0.15, -0.1) is 0 Å². The Balaban J connectivity index is 3.09. The van der Waals surface area contributed by atoms with Crippen LogP contribution in [0, 0.1) is 6.92 Å². The first kappa shape index (κ1) is 9.69. The molecule has 0 unspecified atom stereocenters. The van der Waals surface area contributed by atoms with Gasteiger partial charge in [0.25, 0.3) is 0 Å². The summed E-state index contributed by atoms with van der Waals surface area (Å²) >= 11 is 11.8. The fourth-order valence-corrected chi connectivity index (χ4v) is 1.38. The van der Waals surface area contributed by atoms with Crippen molar-refractivity contribution in [3.05, 3.63) is 27.7 Å². The van der Waals surface area contributed by atoms with E-state index in [1.165, 1.54) is 0 Å². The lowest BCUT2D eigenvalue weighted by molar-refractivity contribution is 0.340. The number of aryl methyl sites for hydroxylation is 1. The van der Waals surface area contributed by atoms with Crippen molar-refractivity contribution in [2.75, 3.05) is 6.61 Å². The van der Waals surface area contributed by atoms with Crippen molar-refractivity contribution in [2.24, 2.45) is 0 Å². The van der Waals surface area contributed by atoms with Crippen LogP contribution in [0.25, 0.3) is 0 Å². The smallest absolute Gasteiger partial charge is 0.139 e. The zero-order valence-electron chi connectivity index (χ0n) is 7.03. The molecule has 0 aromatic heterocycles. The molecule has 0 heterocycles. The number of rotatable bonds is 2. The average molecular weight is 205 g/mol. The minimum atomic E-state index is 0.597. The Morgan fingerprint density at radius 2 is 2.00 bits per heavy atom. The van der Waals surface area contributed by atoms with E-state index in [9.17, 15) is 0 Å². The lowest BCUT2D eigenvalue weighted by atomic mass is 10.2. The first-order valence-electron chi connectivity index (χ1n) is 3.73. The van der Waals surface area contributed by atoms with Crippen molar-refractivity contribution in [3.63, 3.8) is 0 Å². The summed E-state index contributed by atoms with van der Waals surface area (Å²) in [4.78, 5) is 0. The van der Waals surface area contributed by atoms with E-state index in [1.54, 1.807) is 6.07 Å². The molecule has 0 bridgehead atoms. The third-order valence-corrected chi connectivity index (χ3v) is 2.19. The maximum Gasteiger partial charge on any atom is 0.139 e. The summed E-state index contributed by atoms with van der Waals surface area (Å²) in [5.74, 6) is 0.657. The summed E-state index contributed by atoms with van der Waals surface area (Å²) in [6.45, 7) is 4.41. The lowest BCUT2D eigenvalue weighted by Gasteiger charge is -2.07. The highest BCUT2D eigenvalue weighted by Gasteiger charge is 2.05. The summed E-state index contributed by atoms with van der Waals surface area (Å²) in [6.07, 6.45) is 0. The van der Waals surface area contributed by atoms with Gasteiger partial charge in [-0.05, 0) is 25.5 Å². The van der Waals surface area contributed by atoms with Crippen LogP contribution in [0.4, 0.5) is 0 Å². The Morgan fingerprint density at radius 1 is 1.33 bits per heavy atom. The molecule has 1 aromatic carbocycles. The van der Waals surface area contributed by atoms with Gasteiger partial charge in [0.1, 0.15) is 5.75 Å². The zero-order chi connectivity index (χ0) is 9.14. The first-order chi connectivity index (χ1) is 5.65. The molecule has 0 aliphatic rings. The second kappa shape index (κ2) is 4.01. The second-order valence-corrected chi connectivity index (χ2v) is 3.28. The standard InChI is InChI=1S/C9H10Cl2O/c1-3-12-8-5-7(10)4-6(2)9(8)11/h4-5H,3H2,1-2H3. The maximum atomic E-state index is 5.96. The Labute approximate surface area is 82.2 Å². The van der Waals surface area contributed by atoms with Crippen LogP contribution in [-0.4, -0.2) is 6.61 Å². The maximum absolute atomic E-state index is 5.96. The Hall–Kier alpha value is -0.400. The van der Waals surface area contributed by atoms with Gasteiger partial charge in [0, 0.05) is 11.1 Å². The van der Waals surface area contributed by atoms with Crippen molar-refractivity contribution in [3.8, 4) is 5.75 Å². The number of benzene rings is 1. The molecule has 12 heavy (non-hydrogen) atoms. The van der Waals surface area contributed by atoms with Gasteiger partial charge in [-0.3, -0.25) is 0 Å². The van der Waals surface area contributed by atoms with Gasteiger partial charge in [-0.25, -0.2) is 0 Å². The monoisotopic (exact) mass is 204 g/mol. The molecule has 3 heteroatoms. The highest BCUT2D eigenvalue weighted by Crippen LogP contribution is 2.31. The van der Waals surface area contributed by atoms with Crippen LogP contribution in [0.3, 0.4) is 0 Å². The molecule has 66 valence electrons. The normalized spacial score (nSPS) is 10.0. The number of ether oxygens (including phenoxy) is 1. The minimum Gasteiger partial charge on any atom is -0.492 e. The Kier molecular flexibility index (Phi) is 3.24. The topological polar surface area (TPSA) is 9.23 Å². The van der Waals surface area contributed by atoms with Crippen LogP contribution < -0.4 is 4.74 Å². The third-order valence-electron chi connectivity index (χ3n) is 1.49. The molecule has 0 saturated heterocycles. The Bertz CT molecular complexity index is 284. The molecule has 1 rings (SSSR count). The van der Waals surface area contributed by atoms with Crippen molar-refractivity contribution in [1.82, 2.24) is 0 Å². The summed E-state index contributed by atoms with van der Waals surface area (Å²) < 4.78 is 5.28. The summed E-state index contributed by atoms with van der Waals surface area (Å²) in [6, 6.07) is 3.53. The van der Waals surface area contributed by atoms with Gasteiger partial charge in [0.15, 0.2) is 0 Å². The van der Waals surface area contributed by atoms with Gasteiger partial charge >= 0.3 is 0 Å². The minimum absolute atomic E-state index is 0.597. The zero-order valence-corrected chi connectivity index (χ0v) is 8.54. The molecule has 0 radical (unpaired) electrons. The molecule has 0 aliphatic carbocycles. The van der Waals surface area contributed by atoms with Gasteiger partial charge in [0.2, 0.25) is 0 Å². The van der Waals surface area contributed by atoms with E-state index in [-0.39, 0.29) is 0 Å². The highest BCUT2D eigenvalue weighted by molar-refractivity contribution is 6.34. The number of hydrogen-bond donors (Lipinski definition) is 0. The van der Waals surface area contributed by atoms with Crippen LogP contribution >= 0.6 is 23.2 Å². The second-order valence-electron chi connectivity index (χ2n) is 2.47. The van der Waals surface area contributed by atoms with Crippen molar-refractivity contribution in [2.45, 2.75) is 13.8 Å². The van der Waals surface area contributed by atoms with E-state index in [2.05, 4.69) is 0 Å². The molecule has 0 atom stereocenters. The molecule has 0 fully saturated rings. The van der Waals surface area contributed by atoms with Gasteiger partial charge in [-0.1, -0.05) is 23.2 Å². The summed E-state index contributed by atoms with van der Waals surface area (Å²) in [7, 11) is 0. The van der Waals surface area contributed by atoms with Crippen LogP contribution in [0.2, 0.25) is 10.0 Å². The highest BCUT2D eigenvalue weighted by atomic mass is 35.5. The molecule has 1 nitrogen and oxygen atoms in total. The van der Waals surface area contributed by atoms with E-state index in [0.717, 1.165) is 5.56 Å². The molecule has 0 amide bonds. The predicted octanol–water partition coefficient (Wildman–Crippen LogP) is 3.70. The largest absolute Gasteiger partial charge is 0.492 e. The molecule has 0 N–H and O–H groups in total. The van der Waals surface area contributed by atoms with E-state index in [0.29, 0.717) is 22.4 Å². The van der Waals surface area contributed by atoms with Crippen molar-refractivity contribution in [1.29, 1.82) is 0 Å². The molecule has 0 saturated carbocycles. The average Bonchev–Trinajstić information content (AvgIpc) is 2.00. The van der Waals surface area contributed by atoms with Crippen molar-refractivity contribution >= 4 is 23.2 Å². The lowest BCUT2D eigenvalue weighted by Crippen LogP contribution is -1.93. The number of halogens is 2. The van der Waals surface area contributed by atoms with E-state index in [4.69, 9.17) is 27.9 Å². The van der Waals surface area contributed by atoms with Crippen molar-refractivity contribution < 1.29 is 4.74 Å². The van der Waals surface area contributed by atoms with Crippen LogP contribution in [-0.2, 0) is 0 Å². The third kappa shape index (κ3) is 2.05. The van der Waals surface area contributed by atoms with Gasteiger partial charge < -0.3 is 4.74 Å². The van der Waals surface area contributed by atoms with Crippen LogP contribution in [0.15, 0.2) is 12.1 Å². The fourth-order valence-electron chi connectivity index (χ4n) is 0.955. The Morgan fingerprint density at radius 3 is 2.58 bits per heavy atom. The summed E-state index contributed by atoms with van der Waals surface area (Å²) in [5, 5.41) is 1.29. The molecule has 0 aliphatic heterocycles. The van der Waals surface area contributed by atoms with Crippen LogP contribution in [0.1, 0.15) is 12.5 Å². The number of hydrogen-bond acceptors (Lipinski definition) is 1. The van der Waals surface area contributed by atoms with Crippen LogP contribution in [0.5, 0.6) is 5.75 Å². The van der Waals surface area contributed by atoms with E-state index < -0.39 is 0 Å². The fraction of sp³-hybridized carbons (Fsp3) is 0.333. The van der Waals surface area contributed by atoms with E-state index in [1.807, 2.05) is 19.9 Å². The SMILES string of the molecule is CCOc1cc(Cl)cc(C)c1Cl. The quantitative estimate of drug-likeness (QED) is 0.715. The first-order valence-corrected chi connectivity index (χ1v) is 4.49.